The number of aromatic amines is 1. The Hall–Kier alpha value is -2.18. The van der Waals surface area contributed by atoms with E-state index < -0.39 is 5.97 Å². The molecule has 1 amide bonds. The highest BCUT2D eigenvalue weighted by molar-refractivity contribution is 5.91. The summed E-state index contributed by atoms with van der Waals surface area (Å²) in [5.41, 5.74) is -0.158. The molecule has 0 aromatic carbocycles. The normalized spacial score (nSPS) is 10.2. The first kappa shape index (κ1) is 15.9. The molecule has 0 bridgehead atoms. The van der Waals surface area contributed by atoms with Crippen molar-refractivity contribution >= 4 is 11.9 Å². The van der Waals surface area contributed by atoms with Gasteiger partial charge in [-0.05, 0) is 18.9 Å². The molecular weight excluding hydrogens is 262 g/mol. The van der Waals surface area contributed by atoms with Gasteiger partial charge in [0.25, 0.3) is 11.5 Å². The van der Waals surface area contributed by atoms with Crippen molar-refractivity contribution in [2.24, 2.45) is 0 Å². The minimum absolute atomic E-state index is 0.186. The largest absolute Gasteiger partial charge is 0.481 e. The molecule has 1 aromatic rings. The van der Waals surface area contributed by atoms with E-state index >= 15 is 0 Å². The number of amides is 1. The van der Waals surface area contributed by atoms with Crippen LogP contribution in [0, 0.1) is 0 Å². The molecule has 3 N–H and O–H groups in total. The Bertz CT molecular complexity index is 478. The summed E-state index contributed by atoms with van der Waals surface area (Å²) in [5, 5.41) is 17.0. The van der Waals surface area contributed by atoms with Crippen LogP contribution in [0.3, 0.4) is 0 Å². The van der Waals surface area contributed by atoms with E-state index in [0.29, 0.717) is 13.0 Å². The van der Waals surface area contributed by atoms with Crippen molar-refractivity contribution in [2.45, 2.75) is 38.5 Å². The van der Waals surface area contributed by atoms with E-state index in [4.69, 9.17) is 5.11 Å². The number of carbonyl (C=O) groups excluding carboxylic acids is 1. The Morgan fingerprint density at radius 3 is 2.50 bits per heavy atom. The van der Waals surface area contributed by atoms with Crippen molar-refractivity contribution in [3.8, 4) is 0 Å². The predicted octanol–water partition coefficient (Wildman–Crippen LogP) is 0.925. The summed E-state index contributed by atoms with van der Waals surface area (Å²) in [7, 11) is 0. The van der Waals surface area contributed by atoms with Crippen LogP contribution in [0.1, 0.15) is 49.0 Å². The number of unbranched alkanes of at least 4 members (excludes halogenated alkanes) is 4. The number of rotatable bonds is 9. The second-order valence-electron chi connectivity index (χ2n) is 4.47. The first-order chi connectivity index (χ1) is 9.59. The molecule has 0 fully saturated rings. The summed E-state index contributed by atoms with van der Waals surface area (Å²) in [4.78, 5) is 32.7. The van der Waals surface area contributed by atoms with Crippen molar-refractivity contribution in [3.05, 3.63) is 28.2 Å². The van der Waals surface area contributed by atoms with E-state index in [2.05, 4.69) is 15.5 Å². The maximum atomic E-state index is 11.6. The number of hydrogen-bond acceptors (Lipinski definition) is 4. The lowest BCUT2D eigenvalue weighted by Gasteiger charge is -2.04. The molecule has 1 rings (SSSR count). The molecule has 20 heavy (non-hydrogen) atoms. The van der Waals surface area contributed by atoms with Crippen molar-refractivity contribution in [3.63, 3.8) is 0 Å². The highest BCUT2D eigenvalue weighted by atomic mass is 16.4. The van der Waals surface area contributed by atoms with Crippen LogP contribution >= 0.6 is 0 Å². The second kappa shape index (κ2) is 8.84. The zero-order valence-electron chi connectivity index (χ0n) is 11.2. The molecule has 0 radical (unpaired) electrons. The van der Waals surface area contributed by atoms with Crippen LogP contribution in [-0.2, 0) is 4.79 Å². The fourth-order valence-corrected chi connectivity index (χ4v) is 1.69. The van der Waals surface area contributed by atoms with Crippen molar-refractivity contribution in [2.75, 3.05) is 6.54 Å². The van der Waals surface area contributed by atoms with E-state index in [1.165, 1.54) is 12.1 Å². The first-order valence-corrected chi connectivity index (χ1v) is 6.65. The van der Waals surface area contributed by atoms with Gasteiger partial charge in [-0.1, -0.05) is 19.3 Å². The number of carbonyl (C=O) groups is 2. The van der Waals surface area contributed by atoms with Crippen LogP contribution in [0.4, 0.5) is 0 Å². The lowest BCUT2D eigenvalue weighted by molar-refractivity contribution is -0.137. The van der Waals surface area contributed by atoms with E-state index in [9.17, 15) is 14.4 Å². The number of aliphatic carboxylic acids is 1. The SMILES string of the molecule is O=C(O)CCCCCCCNC(=O)c1ccc(=O)[nH]n1. The highest BCUT2D eigenvalue weighted by Crippen LogP contribution is 2.04. The minimum Gasteiger partial charge on any atom is -0.481 e. The number of aromatic nitrogens is 2. The van der Waals surface area contributed by atoms with Gasteiger partial charge in [-0.2, -0.15) is 5.10 Å². The van der Waals surface area contributed by atoms with Gasteiger partial charge in [-0.15, -0.1) is 0 Å². The van der Waals surface area contributed by atoms with Gasteiger partial charge in [0.1, 0.15) is 5.69 Å². The molecule has 1 heterocycles. The van der Waals surface area contributed by atoms with Crippen molar-refractivity contribution < 1.29 is 14.7 Å². The number of nitrogens with one attached hydrogen (secondary N) is 2. The summed E-state index contributed by atoms with van der Waals surface area (Å²) in [5.74, 6) is -1.07. The molecule has 7 heteroatoms. The predicted molar refractivity (Wildman–Crippen MR) is 72.5 cm³/mol. The number of nitrogens with zero attached hydrogens (tertiary/aromatic N) is 1. The molecule has 0 saturated heterocycles. The van der Waals surface area contributed by atoms with Crippen LogP contribution in [0.2, 0.25) is 0 Å². The molecule has 0 atom stereocenters. The van der Waals surface area contributed by atoms with Gasteiger partial charge in [-0.25, -0.2) is 5.10 Å². The third-order valence-electron chi connectivity index (χ3n) is 2.76. The van der Waals surface area contributed by atoms with Crippen LogP contribution in [0.15, 0.2) is 16.9 Å². The van der Waals surface area contributed by atoms with Gasteiger partial charge in [0, 0.05) is 19.0 Å². The molecule has 1 aromatic heterocycles. The summed E-state index contributed by atoms with van der Waals surface area (Å²) in [6, 6.07) is 2.63. The summed E-state index contributed by atoms with van der Waals surface area (Å²) >= 11 is 0. The fourth-order valence-electron chi connectivity index (χ4n) is 1.69. The third kappa shape index (κ3) is 6.67. The fraction of sp³-hybridized carbons (Fsp3) is 0.538. The molecule has 0 saturated carbocycles. The monoisotopic (exact) mass is 281 g/mol. The van der Waals surface area contributed by atoms with E-state index in [1.807, 2.05) is 0 Å². The van der Waals surface area contributed by atoms with Gasteiger partial charge in [0.05, 0.1) is 0 Å². The summed E-state index contributed by atoms with van der Waals surface area (Å²) in [6.45, 7) is 0.540. The molecule has 0 aliphatic carbocycles. The number of H-pyrrole nitrogens is 1. The van der Waals surface area contributed by atoms with Gasteiger partial charge in [0.2, 0.25) is 0 Å². The van der Waals surface area contributed by atoms with Gasteiger partial charge in [0.15, 0.2) is 0 Å². The van der Waals surface area contributed by atoms with Crippen LogP contribution in [0.25, 0.3) is 0 Å². The molecule has 7 nitrogen and oxygen atoms in total. The summed E-state index contributed by atoms with van der Waals surface area (Å²) < 4.78 is 0. The number of carboxylic acids is 1. The molecule has 0 unspecified atom stereocenters. The second-order valence-corrected chi connectivity index (χ2v) is 4.47. The third-order valence-corrected chi connectivity index (χ3v) is 2.76. The highest BCUT2D eigenvalue weighted by Gasteiger charge is 2.05. The van der Waals surface area contributed by atoms with Gasteiger partial charge in [-0.3, -0.25) is 14.4 Å². The molecule has 0 aliphatic heterocycles. The molecule has 0 spiro atoms. The first-order valence-electron chi connectivity index (χ1n) is 6.65. The number of hydrogen-bond donors (Lipinski definition) is 3. The van der Waals surface area contributed by atoms with Crippen LogP contribution < -0.4 is 10.9 Å². The van der Waals surface area contributed by atoms with E-state index in [0.717, 1.165) is 25.7 Å². The zero-order valence-corrected chi connectivity index (χ0v) is 11.2. The van der Waals surface area contributed by atoms with Crippen molar-refractivity contribution in [1.29, 1.82) is 0 Å². The minimum atomic E-state index is -0.759. The lowest BCUT2D eigenvalue weighted by Crippen LogP contribution is -2.26. The topological polar surface area (TPSA) is 112 Å². The Labute approximate surface area is 116 Å². The van der Waals surface area contributed by atoms with Crippen LogP contribution in [0.5, 0.6) is 0 Å². The average molecular weight is 281 g/mol. The quantitative estimate of drug-likeness (QED) is 0.583. The Morgan fingerprint density at radius 1 is 1.15 bits per heavy atom. The molecule has 110 valence electrons. The van der Waals surface area contributed by atoms with Crippen molar-refractivity contribution in [1.82, 2.24) is 15.5 Å². The van der Waals surface area contributed by atoms with Gasteiger partial charge >= 0.3 is 5.97 Å². The Kier molecular flexibility index (Phi) is 7.02. The van der Waals surface area contributed by atoms with Gasteiger partial charge < -0.3 is 10.4 Å². The number of carboxylic acid groups (broad SMARTS) is 1. The average Bonchev–Trinajstić information content (AvgIpc) is 2.42. The zero-order chi connectivity index (χ0) is 14.8. The molecule has 0 aliphatic rings. The smallest absolute Gasteiger partial charge is 0.303 e. The van der Waals surface area contributed by atoms with E-state index in [-0.39, 0.29) is 23.6 Å². The molecular formula is C13H19N3O4. The standard InChI is InChI=1S/C13H19N3O4/c17-11-8-7-10(15-16-11)13(20)14-9-5-3-1-2-4-6-12(18)19/h7-8H,1-6,9H2,(H,14,20)(H,16,17)(H,18,19). The maximum absolute atomic E-state index is 11.6. The Balaban J connectivity index is 2.06. The van der Waals surface area contributed by atoms with E-state index in [1.54, 1.807) is 0 Å². The van der Waals surface area contributed by atoms with Crippen LogP contribution in [-0.4, -0.2) is 33.7 Å². The maximum Gasteiger partial charge on any atom is 0.303 e. The Morgan fingerprint density at radius 2 is 1.85 bits per heavy atom. The lowest BCUT2D eigenvalue weighted by atomic mass is 10.1. The summed E-state index contributed by atoms with van der Waals surface area (Å²) in [6.07, 6.45) is 4.54.